The number of halogens is 3. The average molecular weight is 335 g/mol. The van der Waals surface area contributed by atoms with Crippen LogP contribution in [0.5, 0.6) is 5.75 Å². The highest BCUT2D eigenvalue weighted by Crippen LogP contribution is 2.26. The van der Waals surface area contributed by atoms with E-state index in [4.69, 9.17) is 21.5 Å². The van der Waals surface area contributed by atoms with Gasteiger partial charge in [-0.15, -0.1) is 0 Å². The van der Waals surface area contributed by atoms with E-state index in [2.05, 4.69) is 4.98 Å². The minimum atomic E-state index is -4.35. The molecule has 0 fully saturated rings. The molecule has 9 heteroatoms. The van der Waals surface area contributed by atoms with Gasteiger partial charge in [-0.05, 0) is 18.2 Å². The first kappa shape index (κ1) is 15.6. The van der Waals surface area contributed by atoms with Crippen LogP contribution in [0.3, 0.4) is 0 Å². The lowest BCUT2D eigenvalue weighted by atomic mass is 10.3. The smallest absolute Gasteiger partial charge is 0.241 e. The van der Waals surface area contributed by atoms with Gasteiger partial charge in [0.2, 0.25) is 15.8 Å². The van der Waals surface area contributed by atoms with E-state index in [1.807, 2.05) is 0 Å². The summed E-state index contributed by atoms with van der Waals surface area (Å²) in [6.07, 6.45) is 2.84. The van der Waals surface area contributed by atoms with Crippen LogP contribution in [0.15, 0.2) is 35.5 Å². The summed E-state index contributed by atoms with van der Waals surface area (Å²) in [5, 5.41) is 5.07. The summed E-state index contributed by atoms with van der Waals surface area (Å²) in [7, 11) is -4.35. The highest BCUT2D eigenvalue weighted by Gasteiger charge is 2.21. The van der Waals surface area contributed by atoms with Crippen molar-refractivity contribution in [2.45, 2.75) is 11.5 Å². The van der Waals surface area contributed by atoms with Crippen molar-refractivity contribution < 1.29 is 21.9 Å². The van der Waals surface area contributed by atoms with Crippen molar-refractivity contribution in [2.24, 2.45) is 5.14 Å². The molecule has 2 rings (SSSR count). The first-order chi connectivity index (χ1) is 9.80. The normalized spacial score (nSPS) is 11.4. The maximum Gasteiger partial charge on any atom is 0.241 e. The fourth-order valence-corrected chi connectivity index (χ4v) is 2.29. The van der Waals surface area contributed by atoms with E-state index in [-0.39, 0.29) is 6.61 Å². The minimum Gasteiger partial charge on any atom is -0.486 e. The predicted octanol–water partition coefficient (Wildman–Crippen LogP) is 2.24. The number of rotatable bonds is 4. The summed E-state index contributed by atoms with van der Waals surface area (Å²) < 4.78 is 54.5. The second-order valence-electron chi connectivity index (χ2n) is 3.99. The lowest BCUT2D eigenvalue weighted by Crippen LogP contribution is -2.15. The first-order valence-corrected chi connectivity index (χ1v) is 7.45. The van der Waals surface area contributed by atoms with Gasteiger partial charge in [0.05, 0.1) is 5.02 Å². The van der Waals surface area contributed by atoms with Crippen LogP contribution >= 0.6 is 11.6 Å². The van der Waals surface area contributed by atoms with Gasteiger partial charge >= 0.3 is 0 Å². The van der Waals surface area contributed by atoms with Crippen LogP contribution in [0, 0.1) is 11.6 Å². The van der Waals surface area contributed by atoms with Gasteiger partial charge in [0.25, 0.3) is 0 Å². The first-order valence-electron chi connectivity index (χ1n) is 5.52. The van der Waals surface area contributed by atoms with Crippen molar-refractivity contribution in [3.05, 3.63) is 52.8 Å². The zero-order valence-electron chi connectivity index (χ0n) is 10.4. The summed E-state index contributed by atoms with van der Waals surface area (Å²) in [4.78, 5) is 2.83. The molecule has 5 nitrogen and oxygen atoms in total. The standard InChI is InChI=1S/C12H9ClF2N2O3S/c13-8-5-17-4-3-7(8)6-20-9-1-2-10(21(16,18)19)12(15)11(9)14/h1-5H,6H2,(H2,16,18,19). The number of hydrogen-bond acceptors (Lipinski definition) is 4. The average Bonchev–Trinajstić information content (AvgIpc) is 2.40. The molecule has 1 aromatic carbocycles. The molecule has 0 aliphatic rings. The third-order valence-corrected chi connectivity index (χ3v) is 3.83. The fraction of sp³-hybridized carbons (Fsp3) is 0.0833. The topological polar surface area (TPSA) is 82.3 Å². The van der Waals surface area contributed by atoms with E-state index in [0.29, 0.717) is 10.6 Å². The summed E-state index contributed by atoms with van der Waals surface area (Å²) >= 11 is 5.84. The van der Waals surface area contributed by atoms with Gasteiger partial charge in [-0.2, -0.15) is 4.39 Å². The maximum atomic E-state index is 13.7. The van der Waals surface area contributed by atoms with E-state index < -0.39 is 32.3 Å². The van der Waals surface area contributed by atoms with E-state index in [9.17, 15) is 17.2 Å². The largest absolute Gasteiger partial charge is 0.486 e. The molecule has 2 N–H and O–H groups in total. The van der Waals surface area contributed by atoms with Crippen LogP contribution in [-0.2, 0) is 16.6 Å². The summed E-state index contributed by atoms with van der Waals surface area (Å²) in [5.74, 6) is -3.48. The van der Waals surface area contributed by atoms with Gasteiger partial charge in [-0.1, -0.05) is 11.6 Å². The number of primary sulfonamides is 1. The molecule has 0 aliphatic carbocycles. The Bertz CT molecular complexity index is 784. The molecule has 0 saturated heterocycles. The number of hydrogen-bond donors (Lipinski definition) is 1. The molecule has 0 amide bonds. The Hall–Kier alpha value is -1.77. The molecule has 2 aromatic rings. The zero-order chi connectivity index (χ0) is 15.6. The van der Waals surface area contributed by atoms with Gasteiger partial charge in [-0.3, -0.25) is 4.98 Å². The number of ether oxygens (including phenoxy) is 1. The lowest BCUT2D eigenvalue weighted by Gasteiger charge is -2.10. The molecule has 0 aliphatic heterocycles. The van der Waals surface area contributed by atoms with Crippen LogP contribution in [0.25, 0.3) is 0 Å². The van der Waals surface area contributed by atoms with Crippen molar-refractivity contribution >= 4 is 21.6 Å². The summed E-state index contributed by atoms with van der Waals surface area (Å²) in [6.45, 7) is -0.133. The molecule has 21 heavy (non-hydrogen) atoms. The molecular weight excluding hydrogens is 326 g/mol. The minimum absolute atomic E-state index is 0.133. The van der Waals surface area contributed by atoms with Crippen LogP contribution in [0.4, 0.5) is 8.78 Å². The van der Waals surface area contributed by atoms with Crippen molar-refractivity contribution in [2.75, 3.05) is 0 Å². The molecule has 0 saturated carbocycles. The third kappa shape index (κ3) is 3.46. The van der Waals surface area contributed by atoms with Gasteiger partial charge in [0, 0.05) is 18.0 Å². The van der Waals surface area contributed by atoms with Crippen molar-refractivity contribution in [3.63, 3.8) is 0 Å². The Balaban J connectivity index is 2.27. The van der Waals surface area contributed by atoms with E-state index in [0.717, 1.165) is 12.1 Å². The third-order valence-electron chi connectivity index (χ3n) is 2.56. The lowest BCUT2D eigenvalue weighted by molar-refractivity contribution is 0.283. The molecule has 0 atom stereocenters. The molecular formula is C12H9ClF2N2O3S. The zero-order valence-corrected chi connectivity index (χ0v) is 12.0. The van der Waals surface area contributed by atoms with E-state index in [1.165, 1.54) is 12.4 Å². The van der Waals surface area contributed by atoms with Crippen LogP contribution in [0.1, 0.15) is 5.56 Å². The second kappa shape index (κ2) is 5.92. The number of aromatic nitrogens is 1. The Morgan fingerprint density at radius 1 is 1.24 bits per heavy atom. The number of nitrogens with zero attached hydrogens (tertiary/aromatic N) is 1. The Morgan fingerprint density at radius 2 is 1.95 bits per heavy atom. The van der Waals surface area contributed by atoms with E-state index >= 15 is 0 Å². The van der Waals surface area contributed by atoms with Gasteiger partial charge < -0.3 is 4.74 Å². The highest BCUT2D eigenvalue weighted by molar-refractivity contribution is 7.89. The monoisotopic (exact) mass is 334 g/mol. The predicted molar refractivity (Wildman–Crippen MR) is 71.3 cm³/mol. The Labute approximate surface area is 124 Å². The Morgan fingerprint density at radius 3 is 2.57 bits per heavy atom. The summed E-state index contributed by atoms with van der Waals surface area (Å²) in [6, 6.07) is 3.36. The number of pyridine rings is 1. The Kier molecular flexibility index (Phi) is 4.40. The SMILES string of the molecule is NS(=O)(=O)c1ccc(OCc2ccncc2Cl)c(F)c1F. The molecule has 0 bridgehead atoms. The van der Waals surface area contributed by atoms with Gasteiger partial charge in [0.15, 0.2) is 11.6 Å². The molecule has 112 valence electrons. The highest BCUT2D eigenvalue weighted by atomic mass is 35.5. The van der Waals surface area contributed by atoms with Gasteiger partial charge in [0.1, 0.15) is 11.5 Å². The van der Waals surface area contributed by atoms with Crippen molar-refractivity contribution in [3.8, 4) is 5.75 Å². The molecule has 1 heterocycles. The van der Waals surface area contributed by atoms with Crippen LogP contribution < -0.4 is 9.88 Å². The molecule has 0 radical (unpaired) electrons. The van der Waals surface area contributed by atoms with Crippen molar-refractivity contribution in [1.29, 1.82) is 0 Å². The van der Waals surface area contributed by atoms with Crippen molar-refractivity contribution in [1.82, 2.24) is 4.98 Å². The maximum absolute atomic E-state index is 13.7. The molecule has 0 unspecified atom stereocenters. The number of sulfonamides is 1. The molecule has 1 aromatic heterocycles. The second-order valence-corrected chi connectivity index (χ2v) is 5.93. The van der Waals surface area contributed by atoms with Gasteiger partial charge in [-0.25, -0.2) is 17.9 Å². The fourth-order valence-electron chi connectivity index (χ4n) is 1.52. The van der Waals surface area contributed by atoms with Crippen LogP contribution in [0.2, 0.25) is 5.02 Å². The van der Waals surface area contributed by atoms with Crippen LogP contribution in [-0.4, -0.2) is 13.4 Å². The molecule has 0 spiro atoms. The number of benzene rings is 1. The number of nitrogens with two attached hydrogens (primary N) is 1. The summed E-state index contributed by atoms with van der Waals surface area (Å²) in [5.41, 5.74) is 0.516. The van der Waals surface area contributed by atoms with E-state index in [1.54, 1.807) is 6.07 Å². The quantitative estimate of drug-likeness (QED) is 0.929.